The second kappa shape index (κ2) is 9.05. The average Bonchev–Trinajstić information content (AvgIpc) is 3.31. The summed E-state index contributed by atoms with van der Waals surface area (Å²) in [7, 11) is 1.65. The predicted octanol–water partition coefficient (Wildman–Crippen LogP) is 3.75. The SMILES string of the molecule is COc1ccc(-c2cc(N3CCC[C@@H](C(=O)NCc4cccs4)C3)ncn2)cc1. The Morgan fingerprint density at radius 1 is 1.28 bits per heavy atom. The molecule has 150 valence electrons. The average molecular weight is 409 g/mol. The quantitative estimate of drug-likeness (QED) is 0.673. The van der Waals surface area contributed by atoms with Crippen LogP contribution in [0.5, 0.6) is 5.75 Å². The summed E-state index contributed by atoms with van der Waals surface area (Å²) in [6.45, 7) is 2.17. The Kier molecular flexibility index (Phi) is 6.05. The molecular formula is C22H24N4O2S. The van der Waals surface area contributed by atoms with Crippen LogP contribution in [0.3, 0.4) is 0 Å². The molecule has 0 bridgehead atoms. The molecule has 0 spiro atoms. The Morgan fingerprint density at radius 2 is 2.14 bits per heavy atom. The van der Waals surface area contributed by atoms with Gasteiger partial charge in [0.2, 0.25) is 5.91 Å². The topological polar surface area (TPSA) is 67.3 Å². The zero-order valence-corrected chi connectivity index (χ0v) is 17.2. The summed E-state index contributed by atoms with van der Waals surface area (Å²) in [5.74, 6) is 1.77. The van der Waals surface area contributed by atoms with E-state index in [-0.39, 0.29) is 11.8 Å². The molecule has 7 heteroatoms. The maximum absolute atomic E-state index is 12.6. The number of anilines is 1. The number of aromatic nitrogens is 2. The van der Waals surface area contributed by atoms with Crippen LogP contribution >= 0.6 is 11.3 Å². The van der Waals surface area contributed by atoms with Gasteiger partial charge in [0.15, 0.2) is 0 Å². The van der Waals surface area contributed by atoms with Gasteiger partial charge in [-0.1, -0.05) is 6.07 Å². The maximum Gasteiger partial charge on any atom is 0.225 e. The van der Waals surface area contributed by atoms with Crippen molar-refractivity contribution in [2.24, 2.45) is 5.92 Å². The third kappa shape index (κ3) is 4.74. The fourth-order valence-electron chi connectivity index (χ4n) is 3.57. The molecule has 1 atom stereocenters. The fraction of sp³-hybridized carbons (Fsp3) is 0.318. The van der Waals surface area contributed by atoms with E-state index >= 15 is 0 Å². The van der Waals surface area contributed by atoms with Crippen LogP contribution in [-0.4, -0.2) is 36.1 Å². The molecule has 0 radical (unpaired) electrons. The van der Waals surface area contributed by atoms with Crippen molar-refractivity contribution >= 4 is 23.1 Å². The van der Waals surface area contributed by atoms with Crippen LogP contribution in [0.2, 0.25) is 0 Å². The summed E-state index contributed by atoms with van der Waals surface area (Å²) >= 11 is 1.66. The van der Waals surface area contributed by atoms with E-state index in [1.54, 1.807) is 24.8 Å². The van der Waals surface area contributed by atoms with Gasteiger partial charge in [-0.3, -0.25) is 4.79 Å². The lowest BCUT2D eigenvalue weighted by atomic mass is 9.97. The van der Waals surface area contributed by atoms with Crippen LogP contribution in [0, 0.1) is 5.92 Å². The van der Waals surface area contributed by atoms with Crippen LogP contribution in [0.4, 0.5) is 5.82 Å². The first-order valence-electron chi connectivity index (χ1n) is 9.74. The van der Waals surface area contributed by atoms with Gasteiger partial charge in [-0.05, 0) is 48.6 Å². The van der Waals surface area contributed by atoms with Crippen molar-refractivity contribution in [1.82, 2.24) is 15.3 Å². The molecule has 3 aromatic rings. The lowest BCUT2D eigenvalue weighted by Crippen LogP contribution is -2.43. The third-order valence-corrected chi connectivity index (χ3v) is 6.05. The van der Waals surface area contributed by atoms with Crippen LogP contribution < -0.4 is 15.0 Å². The molecule has 0 saturated carbocycles. The molecule has 3 heterocycles. The Bertz CT molecular complexity index is 944. The van der Waals surface area contributed by atoms with E-state index in [4.69, 9.17) is 4.74 Å². The smallest absolute Gasteiger partial charge is 0.225 e. The number of carbonyl (C=O) groups is 1. The molecule has 4 rings (SSSR count). The monoisotopic (exact) mass is 408 g/mol. The normalized spacial score (nSPS) is 16.4. The first-order chi connectivity index (χ1) is 14.2. The molecule has 1 aliphatic heterocycles. The summed E-state index contributed by atoms with van der Waals surface area (Å²) in [5, 5.41) is 5.10. The van der Waals surface area contributed by atoms with Crippen molar-refractivity contribution in [3.63, 3.8) is 0 Å². The Morgan fingerprint density at radius 3 is 2.90 bits per heavy atom. The minimum Gasteiger partial charge on any atom is -0.497 e. The van der Waals surface area contributed by atoms with E-state index in [2.05, 4.69) is 20.2 Å². The standard InChI is InChI=1S/C22H24N4O2S/c1-28-18-8-6-16(7-9-18)20-12-21(25-15-24-20)26-10-2-4-17(14-26)22(27)23-13-19-5-3-11-29-19/h3,5-9,11-12,15,17H,2,4,10,13-14H2,1H3,(H,23,27)/t17-/m1/s1. The number of hydrogen-bond donors (Lipinski definition) is 1. The lowest BCUT2D eigenvalue weighted by molar-refractivity contribution is -0.125. The van der Waals surface area contributed by atoms with Crippen molar-refractivity contribution < 1.29 is 9.53 Å². The van der Waals surface area contributed by atoms with Crippen LogP contribution in [-0.2, 0) is 11.3 Å². The van der Waals surface area contributed by atoms with E-state index in [0.717, 1.165) is 42.2 Å². The minimum atomic E-state index is -0.0249. The Hall–Kier alpha value is -2.93. The van der Waals surface area contributed by atoms with E-state index in [0.29, 0.717) is 13.1 Å². The van der Waals surface area contributed by atoms with Crippen LogP contribution in [0.1, 0.15) is 17.7 Å². The largest absolute Gasteiger partial charge is 0.497 e. The number of rotatable bonds is 6. The molecule has 0 aliphatic carbocycles. The van der Waals surface area contributed by atoms with Gasteiger partial charge in [-0.15, -0.1) is 11.3 Å². The van der Waals surface area contributed by atoms with E-state index in [9.17, 15) is 4.79 Å². The zero-order valence-electron chi connectivity index (χ0n) is 16.4. The van der Waals surface area contributed by atoms with Crippen LogP contribution in [0.15, 0.2) is 54.2 Å². The van der Waals surface area contributed by atoms with E-state index in [1.807, 2.05) is 47.8 Å². The second-order valence-electron chi connectivity index (χ2n) is 7.07. The molecule has 1 amide bonds. The molecular weight excluding hydrogens is 384 g/mol. The number of nitrogens with zero attached hydrogens (tertiary/aromatic N) is 3. The Labute approximate surface area is 174 Å². The highest BCUT2D eigenvalue weighted by Gasteiger charge is 2.26. The molecule has 2 aromatic heterocycles. The summed E-state index contributed by atoms with van der Waals surface area (Å²) < 4.78 is 5.22. The van der Waals surface area contributed by atoms with Gasteiger partial charge in [-0.25, -0.2) is 9.97 Å². The fourth-order valence-corrected chi connectivity index (χ4v) is 4.22. The molecule has 1 aliphatic rings. The molecule has 29 heavy (non-hydrogen) atoms. The van der Waals surface area contributed by atoms with Crippen molar-refractivity contribution in [3.8, 4) is 17.0 Å². The Balaban J connectivity index is 1.43. The number of nitrogens with one attached hydrogen (secondary N) is 1. The van der Waals surface area contributed by atoms with Gasteiger partial charge >= 0.3 is 0 Å². The second-order valence-corrected chi connectivity index (χ2v) is 8.10. The summed E-state index contributed by atoms with van der Waals surface area (Å²) in [5.41, 5.74) is 1.87. The van der Waals surface area contributed by atoms with Crippen molar-refractivity contribution in [3.05, 3.63) is 59.0 Å². The maximum atomic E-state index is 12.6. The predicted molar refractivity (Wildman–Crippen MR) is 115 cm³/mol. The number of thiophene rings is 1. The molecule has 1 fully saturated rings. The number of piperidine rings is 1. The molecule has 1 N–H and O–H groups in total. The number of benzene rings is 1. The highest BCUT2D eigenvalue weighted by Crippen LogP contribution is 2.26. The third-order valence-electron chi connectivity index (χ3n) is 5.17. The number of ether oxygens (including phenoxy) is 1. The summed E-state index contributed by atoms with van der Waals surface area (Å²) in [6.07, 6.45) is 3.47. The van der Waals surface area contributed by atoms with Crippen molar-refractivity contribution in [2.45, 2.75) is 19.4 Å². The van der Waals surface area contributed by atoms with Crippen LogP contribution in [0.25, 0.3) is 11.3 Å². The number of amides is 1. The van der Waals surface area contributed by atoms with E-state index < -0.39 is 0 Å². The molecule has 1 saturated heterocycles. The molecule has 6 nitrogen and oxygen atoms in total. The van der Waals surface area contributed by atoms with Gasteiger partial charge in [0.1, 0.15) is 17.9 Å². The number of methoxy groups -OCH3 is 1. The minimum absolute atomic E-state index is 0.0249. The highest BCUT2D eigenvalue weighted by atomic mass is 32.1. The van der Waals surface area contributed by atoms with Gasteiger partial charge in [-0.2, -0.15) is 0 Å². The van der Waals surface area contributed by atoms with Crippen molar-refractivity contribution in [2.75, 3.05) is 25.1 Å². The number of carbonyl (C=O) groups excluding carboxylic acids is 1. The van der Waals surface area contributed by atoms with Gasteiger partial charge < -0.3 is 15.0 Å². The highest BCUT2D eigenvalue weighted by molar-refractivity contribution is 7.09. The summed E-state index contributed by atoms with van der Waals surface area (Å²) in [6, 6.07) is 13.9. The molecule has 0 unspecified atom stereocenters. The first kappa shape index (κ1) is 19.4. The van der Waals surface area contributed by atoms with E-state index in [1.165, 1.54) is 4.88 Å². The first-order valence-corrected chi connectivity index (χ1v) is 10.6. The van der Waals surface area contributed by atoms with Gasteiger partial charge in [0, 0.05) is 29.6 Å². The zero-order chi connectivity index (χ0) is 20.1. The van der Waals surface area contributed by atoms with Gasteiger partial charge in [0.05, 0.1) is 25.3 Å². The number of hydrogen-bond acceptors (Lipinski definition) is 6. The molecule has 1 aromatic carbocycles. The lowest BCUT2D eigenvalue weighted by Gasteiger charge is -2.33. The van der Waals surface area contributed by atoms with Crippen molar-refractivity contribution in [1.29, 1.82) is 0 Å². The summed E-state index contributed by atoms with van der Waals surface area (Å²) in [4.78, 5) is 24.9. The van der Waals surface area contributed by atoms with Gasteiger partial charge in [0.25, 0.3) is 0 Å².